The molecule has 0 amide bonds. The summed E-state index contributed by atoms with van der Waals surface area (Å²) in [5.41, 5.74) is 7.00. The Bertz CT molecular complexity index is 665. The Morgan fingerprint density at radius 3 is 2.84 bits per heavy atom. The number of halogens is 1. The maximum atomic E-state index is 10.9. The molecular formula is C11H10ClN5O2. The van der Waals surface area contributed by atoms with E-state index in [2.05, 4.69) is 10.3 Å². The number of benzene rings is 1. The number of rotatable bonds is 3. The third kappa shape index (κ3) is 2.01. The largest absolute Gasteiger partial charge is 0.381 e. The highest BCUT2D eigenvalue weighted by atomic mass is 35.5. The molecule has 1 fully saturated rings. The van der Waals surface area contributed by atoms with Crippen molar-refractivity contribution in [2.75, 3.05) is 5.73 Å². The highest BCUT2D eigenvalue weighted by molar-refractivity contribution is 6.32. The highest BCUT2D eigenvalue weighted by Crippen LogP contribution is 2.43. The second-order valence-corrected chi connectivity index (χ2v) is 4.85. The van der Waals surface area contributed by atoms with Crippen LogP contribution in [0.5, 0.6) is 0 Å². The molecule has 1 aromatic heterocycles. The number of hydrogen-bond acceptors (Lipinski definition) is 5. The van der Waals surface area contributed by atoms with Gasteiger partial charge in [-0.1, -0.05) is 16.8 Å². The molecule has 3 rings (SSSR count). The molecule has 0 bridgehead atoms. The number of nitrogens with two attached hydrogens (primary N) is 1. The lowest BCUT2D eigenvalue weighted by Gasteiger charge is -2.06. The molecule has 0 atom stereocenters. The van der Waals surface area contributed by atoms with Gasteiger partial charge in [0.15, 0.2) is 5.82 Å². The molecule has 1 aliphatic carbocycles. The van der Waals surface area contributed by atoms with Crippen LogP contribution in [0.1, 0.15) is 24.5 Å². The van der Waals surface area contributed by atoms with E-state index in [0.29, 0.717) is 17.4 Å². The van der Waals surface area contributed by atoms with Gasteiger partial charge in [0.1, 0.15) is 5.02 Å². The molecule has 0 aliphatic heterocycles. The number of hydrogen-bond donors (Lipinski definition) is 1. The van der Waals surface area contributed by atoms with Gasteiger partial charge in [0.25, 0.3) is 5.69 Å². The van der Waals surface area contributed by atoms with Crippen molar-refractivity contribution in [3.63, 3.8) is 0 Å². The molecule has 0 spiro atoms. The Kier molecular flexibility index (Phi) is 2.63. The van der Waals surface area contributed by atoms with Crippen LogP contribution in [0.15, 0.2) is 18.2 Å². The fourth-order valence-electron chi connectivity index (χ4n) is 2.00. The van der Waals surface area contributed by atoms with E-state index in [9.17, 15) is 10.1 Å². The molecule has 0 radical (unpaired) electrons. The van der Waals surface area contributed by atoms with E-state index in [0.717, 1.165) is 18.5 Å². The van der Waals surface area contributed by atoms with Crippen molar-refractivity contribution >= 4 is 23.1 Å². The summed E-state index contributed by atoms with van der Waals surface area (Å²) in [4.78, 5) is 10.4. The topological polar surface area (TPSA) is 99.9 Å². The SMILES string of the molecule is Nc1nnn(-c2ccc(Cl)c([N+](=O)[O-])c2)c1C1CC1. The molecule has 1 aromatic carbocycles. The minimum absolute atomic E-state index is 0.0924. The zero-order chi connectivity index (χ0) is 13.6. The van der Waals surface area contributed by atoms with Crippen molar-refractivity contribution in [1.82, 2.24) is 15.0 Å². The Balaban J connectivity index is 2.12. The lowest BCUT2D eigenvalue weighted by molar-refractivity contribution is -0.384. The molecule has 1 heterocycles. The first kappa shape index (κ1) is 11.9. The maximum absolute atomic E-state index is 10.9. The van der Waals surface area contributed by atoms with Crippen molar-refractivity contribution in [2.24, 2.45) is 0 Å². The van der Waals surface area contributed by atoms with Crippen LogP contribution >= 0.6 is 11.6 Å². The van der Waals surface area contributed by atoms with Crippen molar-refractivity contribution in [3.8, 4) is 5.69 Å². The lowest BCUT2D eigenvalue weighted by Crippen LogP contribution is -2.03. The Morgan fingerprint density at radius 2 is 2.21 bits per heavy atom. The smallest absolute Gasteiger partial charge is 0.290 e. The van der Waals surface area contributed by atoms with E-state index >= 15 is 0 Å². The Hall–Kier alpha value is -2.15. The first-order chi connectivity index (χ1) is 9.08. The molecule has 2 aromatic rings. The van der Waals surface area contributed by atoms with Crippen LogP contribution in [0.3, 0.4) is 0 Å². The zero-order valence-electron chi connectivity index (χ0n) is 9.78. The maximum Gasteiger partial charge on any atom is 0.290 e. The van der Waals surface area contributed by atoms with Crippen LogP contribution in [-0.2, 0) is 0 Å². The third-order valence-corrected chi connectivity index (χ3v) is 3.39. The van der Waals surface area contributed by atoms with E-state index in [1.807, 2.05) is 0 Å². The van der Waals surface area contributed by atoms with Gasteiger partial charge in [-0.05, 0) is 25.0 Å². The van der Waals surface area contributed by atoms with E-state index in [1.54, 1.807) is 10.7 Å². The average Bonchev–Trinajstić information content (AvgIpc) is 3.13. The van der Waals surface area contributed by atoms with Gasteiger partial charge in [-0.2, -0.15) is 0 Å². The Morgan fingerprint density at radius 1 is 1.47 bits per heavy atom. The second-order valence-electron chi connectivity index (χ2n) is 4.44. The summed E-state index contributed by atoms with van der Waals surface area (Å²) in [7, 11) is 0. The standard InChI is InChI=1S/C11H10ClN5O2/c12-8-4-3-7(5-9(8)17(18)19)16-10(6-1-2-6)11(13)14-15-16/h3-6H,1-2,13H2. The van der Waals surface area contributed by atoms with Crippen molar-refractivity contribution in [2.45, 2.75) is 18.8 Å². The highest BCUT2D eigenvalue weighted by Gasteiger charge is 2.31. The van der Waals surface area contributed by atoms with Crippen LogP contribution in [0.25, 0.3) is 5.69 Å². The number of nitro benzene ring substituents is 1. The van der Waals surface area contributed by atoms with Crippen LogP contribution in [-0.4, -0.2) is 19.9 Å². The van der Waals surface area contributed by atoms with Crippen LogP contribution < -0.4 is 5.73 Å². The van der Waals surface area contributed by atoms with E-state index in [4.69, 9.17) is 17.3 Å². The molecule has 7 nitrogen and oxygen atoms in total. The number of nitro groups is 1. The number of nitrogens with zero attached hydrogens (tertiary/aromatic N) is 4. The first-order valence-corrected chi connectivity index (χ1v) is 6.11. The molecule has 0 unspecified atom stereocenters. The molecule has 19 heavy (non-hydrogen) atoms. The number of aromatic nitrogens is 3. The Labute approximate surface area is 113 Å². The molecule has 8 heteroatoms. The summed E-state index contributed by atoms with van der Waals surface area (Å²) in [5, 5.41) is 18.8. The summed E-state index contributed by atoms with van der Waals surface area (Å²) in [6, 6.07) is 4.52. The minimum Gasteiger partial charge on any atom is -0.381 e. The predicted octanol–water partition coefficient (Wildman–Crippen LogP) is 2.29. The summed E-state index contributed by atoms with van der Waals surface area (Å²) in [6.07, 6.45) is 2.07. The fourth-order valence-corrected chi connectivity index (χ4v) is 2.19. The molecule has 98 valence electrons. The van der Waals surface area contributed by atoms with Gasteiger partial charge in [-0.15, -0.1) is 5.10 Å². The second kappa shape index (κ2) is 4.20. The zero-order valence-corrected chi connectivity index (χ0v) is 10.5. The minimum atomic E-state index is -0.525. The number of anilines is 1. The van der Waals surface area contributed by atoms with Gasteiger partial charge in [0, 0.05) is 12.0 Å². The fraction of sp³-hybridized carbons (Fsp3) is 0.273. The van der Waals surface area contributed by atoms with Crippen molar-refractivity contribution < 1.29 is 4.92 Å². The van der Waals surface area contributed by atoms with Gasteiger partial charge in [0.05, 0.1) is 16.3 Å². The molecule has 1 aliphatic rings. The molecule has 0 saturated heterocycles. The summed E-state index contributed by atoms with van der Waals surface area (Å²) < 4.78 is 1.55. The van der Waals surface area contributed by atoms with E-state index in [-0.39, 0.29) is 10.7 Å². The van der Waals surface area contributed by atoms with Gasteiger partial charge >= 0.3 is 0 Å². The van der Waals surface area contributed by atoms with Crippen LogP contribution in [0.2, 0.25) is 5.02 Å². The normalized spacial score (nSPS) is 14.6. The summed E-state index contributed by atoms with van der Waals surface area (Å²) >= 11 is 5.79. The first-order valence-electron chi connectivity index (χ1n) is 5.73. The molecule has 2 N–H and O–H groups in total. The van der Waals surface area contributed by atoms with E-state index in [1.165, 1.54) is 12.1 Å². The van der Waals surface area contributed by atoms with Gasteiger partial charge in [-0.3, -0.25) is 10.1 Å². The molecular weight excluding hydrogens is 270 g/mol. The van der Waals surface area contributed by atoms with Crippen LogP contribution in [0, 0.1) is 10.1 Å². The lowest BCUT2D eigenvalue weighted by atomic mass is 10.2. The summed E-state index contributed by atoms with van der Waals surface area (Å²) in [6.45, 7) is 0. The van der Waals surface area contributed by atoms with Gasteiger partial charge < -0.3 is 5.73 Å². The molecule has 1 saturated carbocycles. The monoisotopic (exact) mass is 279 g/mol. The average molecular weight is 280 g/mol. The van der Waals surface area contributed by atoms with Crippen molar-refractivity contribution in [3.05, 3.63) is 39.0 Å². The third-order valence-electron chi connectivity index (χ3n) is 3.07. The number of nitrogen functional groups attached to an aromatic ring is 1. The van der Waals surface area contributed by atoms with Gasteiger partial charge in [-0.25, -0.2) is 4.68 Å². The van der Waals surface area contributed by atoms with E-state index < -0.39 is 4.92 Å². The quantitative estimate of drug-likeness (QED) is 0.686. The van der Waals surface area contributed by atoms with Crippen molar-refractivity contribution in [1.29, 1.82) is 0 Å². The summed E-state index contributed by atoms with van der Waals surface area (Å²) in [5.74, 6) is 0.713. The van der Waals surface area contributed by atoms with Gasteiger partial charge in [0.2, 0.25) is 0 Å². The van der Waals surface area contributed by atoms with Crippen LogP contribution in [0.4, 0.5) is 11.5 Å². The predicted molar refractivity (Wildman–Crippen MR) is 69.4 cm³/mol.